The van der Waals surface area contributed by atoms with E-state index >= 15 is 0 Å². The highest BCUT2D eigenvalue weighted by Gasteiger charge is 2.33. The van der Waals surface area contributed by atoms with Gasteiger partial charge in [-0.2, -0.15) is 5.10 Å². The summed E-state index contributed by atoms with van der Waals surface area (Å²) in [6, 6.07) is 10.2. The number of aromatic nitrogens is 2. The van der Waals surface area contributed by atoms with Crippen LogP contribution in [0.5, 0.6) is 0 Å². The van der Waals surface area contributed by atoms with Crippen LogP contribution in [0.1, 0.15) is 36.9 Å². The van der Waals surface area contributed by atoms with Gasteiger partial charge >= 0.3 is 0 Å². The summed E-state index contributed by atoms with van der Waals surface area (Å²) >= 11 is 0. The zero-order chi connectivity index (χ0) is 16.9. The summed E-state index contributed by atoms with van der Waals surface area (Å²) in [5.41, 5.74) is 2.26. The van der Waals surface area contributed by atoms with Crippen LogP contribution in [-0.2, 0) is 23.2 Å². The van der Waals surface area contributed by atoms with Crippen molar-refractivity contribution in [1.82, 2.24) is 14.7 Å². The molecular weight excluding hydrogens is 302 g/mol. The minimum Gasteiger partial charge on any atom is -0.376 e. The first-order chi connectivity index (χ1) is 11.6. The summed E-state index contributed by atoms with van der Waals surface area (Å²) in [7, 11) is 1.91. The third-order valence-electron chi connectivity index (χ3n) is 4.55. The molecule has 1 amide bonds. The molecule has 1 aromatic carbocycles. The van der Waals surface area contributed by atoms with E-state index in [2.05, 4.69) is 5.10 Å². The number of hydrogen-bond donors (Lipinski definition) is 0. The third kappa shape index (κ3) is 3.85. The van der Waals surface area contributed by atoms with Crippen LogP contribution in [0.3, 0.4) is 0 Å². The van der Waals surface area contributed by atoms with E-state index in [1.165, 1.54) is 0 Å². The van der Waals surface area contributed by atoms with Crippen LogP contribution in [-0.4, -0.2) is 33.7 Å². The van der Waals surface area contributed by atoms with Crippen molar-refractivity contribution in [2.75, 3.05) is 13.2 Å². The van der Waals surface area contributed by atoms with Crippen LogP contribution in [0.4, 0.5) is 0 Å². The van der Waals surface area contributed by atoms with Crippen molar-refractivity contribution in [2.24, 2.45) is 13.0 Å². The average Bonchev–Trinajstić information content (AvgIpc) is 3.23. The van der Waals surface area contributed by atoms with E-state index in [0.29, 0.717) is 13.2 Å². The van der Waals surface area contributed by atoms with E-state index in [1.807, 2.05) is 61.6 Å². The maximum Gasteiger partial charge on any atom is 0.228 e. The van der Waals surface area contributed by atoms with Gasteiger partial charge in [0.05, 0.1) is 31.4 Å². The normalized spacial score (nSPS) is 18.8. The molecule has 128 valence electrons. The van der Waals surface area contributed by atoms with Gasteiger partial charge < -0.3 is 9.64 Å². The van der Waals surface area contributed by atoms with Gasteiger partial charge in [-0.05, 0) is 18.4 Å². The molecule has 2 aromatic rings. The Morgan fingerprint density at radius 1 is 1.38 bits per heavy atom. The van der Waals surface area contributed by atoms with Crippen LogP contribution >= 0.6 is 0 Å². The second kappa shape index (κ2) is 7.62. The van der Waals surface area contributed by atoms with Crippen molar-refractivity contribution in [3.63, 3.8) is 0 Å². The number of carbonyl (C=O) groups excluding carboxylic acids is 1. The molecule has 0 saturated carbocycles. The van der Waals surface area contributed by atoms with Crippen LogP contribution in [0.15, 0.2) is 42.7 Å². The molecule has 1 fully saturated rings. The summed E-state index contributed by atoms with van der Waals surface area (Å²) in [4.78, 5) is 14.8. The van der Waals surface area contributed by atoms with E-state index in [4.69, 9.17) is 4.74 Å². The number of benzene rings is 1. The molecule has 1 aliphatic heterocycles. The number of aryl methyl sites for hydroxylation is 1. The maximum atomic E-state index is 12.8. The number of rotatable bonds is 6. The molecule has 24 heavy (non-hydrogen) atoms. The van der Waals surface area contributed by atoms with Crippen molar-refractivity contribution in [1.29, 1.82) is 0 Å². The zero-order valence-corrected chi connectivity index (χ0v) is 14.4. The number of nitrogens with zero attached hydrogens (tertiary/aromatic N) is 3. The standard InChI is InChI=1S/C19H25N3O2/c1-15(13-24-14-16-7-4-3-5-8-16)19(23)22-10-6-9-18(22)17-11-20-21(2)12-17/h3-5,7-8,11-12,15,18H,6,9-10,13-14H2,1-2H3. The van der Waals surface area contributed by atoms with Gasteiger partial charge in [0, 0.05) is 25.4 Å². The fourth-order valence-corrected chi connectivity index (χ4v) is 3.27. The van der Waals surface area contributed by atoms with Gasteiger partial charge in [0.1, 0.15) is 0 Å². The quantitative estimate of drug-likeness (QED) is 0.819. The van der Waals surface area contributed by atoms with E-state index < -0.39 is 0 Å². The largest absolute Gasteiger partial charge is 0.376 e. The Morgan fingerprint density at radius 2 is 2.17 bits per heavy atom. The second-order valence-electron chi connectivity index (χ2n) is 6.54. The fraction of sp³-hybridized carbons (Fsp3) is 0.474. The smallest absolute Gasteiger partial charge is 0.228 e. The molecule has 1 aliphatic rings. The molecule has 3 rings (SSSR count). The molecule has 1 aromatic heterocycles. The number of likely N-dealkylation sites (tertiary alicyclic amines) is 1. The summed E-state index contributed by atoms with van der Waals surface area (Å²) in [6.45, 7) is 3.77. The SMILES string of the molecule is CC(COCc1ccccc1)C(=O)N1CCCC1c1cnn(C)c1. The fourth-order valence-electron chi connectivity index (χ4n) is 3.27. The van der Waals surface area contributed by atoms with Crippen LogP contribution in [0.25, 0.3) is 0 Å². The van der Waals surface area contributed by atoms with Crippen LogP contribution < -0.4 is 0 Å². The molecule has 0 radical (unpaired) electrons. The first-order valence-corrected chi connectivity index (χ1v) is 8.56. The highest BCUT2D eigenvalue weighted by Crippen LogP contribution is 2.32. The average molecular weight is 327 g/mol. The summed E-state index contributed by atoms with van der Waals surface area (Å²) < 4.78 is 7.54. The predicted molar refractivity (Wildman–Crippen MR) is 92.2 cm³/mol. The first kappa shape index (κ1) is 16.7. The zero-order valence-electron chi connectivity index (χ0n) is 14.4. The van der Waals surface area contributed by atoms with Crippen molar-refractivity contribution in [3.05, 3.63) is 53.9 Å². The highest BCUT2D eigenvalue weighted by molar-refractivity contribution is 5.79. The minimum absolute atomic E-state index is 0.133. The monoisotopic (exact) mass is 327 g/mol. The molecule has 2 unspecified atom stereocenters. The first-order valence-electron chi connectivity index (χ1n) is 8.56. The predicted octanol–water partition coefficient (Wildman–Crippen LogP) is 2.94. The topological polar surface area (TPSA) is 47.4 Å². The highest BCUT2D eigenvalue weighted by atomic mass is 16.5. The van der Waals surface area contributed by atoms with E-state index in [0.717, 1.165) is 30.5 Å². The lowest BCUT2D eigenvalue weighted by Gasteiger charge is -2.27. The summed E-state index contributed by atoms with van der Waals surface area (Å²) in [5, 5.41) is 4.24. The van der Waals surface area contributed by atoms with Gasteiger partial charge in [0.2, 0.25) is 5.91 Å². The van der Waals surface area contributed by atoms with E-state index in [9.17, 15) is 4.79 Å². The number of amides is 1. The molecule has 0 spiro atoms. The molecule has 1 saturated heterocycles. The molecular formula is C19H25N3O2. The molecule has 0 N–H and O–H groups in total. The maximum absolute atomic E-state index is 12.8. The van der Waals surface area contributed by atoms with Gasteiger partial charge in [-0.15, -0.1) is 0 Å². The molecule has 5 heteroatoms. The Hall–Kier alpha value is -2.14. The Labute approximate surface area is 143 Å². The van der Waals surface area contributed by atoms with Gasteiger partial charge in [-0.3, -0.25) is 9.48 Å². The lowest BCUT2D eigenvalue weighted by atomic mass is 10.1. The van der Waals surface area contributed by atoms with Gasteiger partial charge in [0.15, 0.2) is 0 Å². The van der Waals surface area contributed by atoms with E-state index in [-0.39, 0.29) is 17.9 Å². The van der Waals surface area contributed by atoms with Gasteiger partial charge in [-0.25, -0.2) is 0 Å². The summed E-state index contributed by atoms with van der Waals surface area (Å²) in [6.07, 6.45) is 5.93. The third-order valence-corrected chi connectivity index (χ3v) is 4.55. The number of ether oxygens (including phenoxy) is 1. The molecule has 5 nitrogen and oxygen atoms in total. The number of hydrogen-bond acceptors (Lipinski definition) is 3. The number of carbonyl (C=O) groups is 1. The van der Waals surface area contributed by atoms with Gasteiger partial charge in [-0.1, -0.05) is 37.3 Å². The Kier molecular flexibility index (Phi) is 5.30. The molecule has 2 heterocycles. The van der Waals surface area contributed by atoms with Gasteiger partial charge in [0.25, 0.3) is 0 Å². The van der Waals surface area contributed by atoms with Crippen LogP contribution in [0, 0.1) is 5.92 Å². The molecule has 2 atom stereocenters. The van der Waals surface area contributed by atoms with Crippen molar-refractivity contribution < 1.29 is 9.53 Å². The van der Waals surface area contributed by atoms with Crippen molar-refractivity contribution in [2.45, 2.75) is 32.4 Å². The molecule has 0 bridgehead atoms. The molecule has 0 aliphatic carbocycles. The Balaban J connectivity index is 1.54. The lowest BCUT2D eigenvalue weighted by molar-refractivity contribution is -0.138. The van der Waals surface area contributed by atoms with Crippen LogP contribution in [0.2, 0.25) is 0 Å². The Morgan fingerprint density at radius 3 is 2.88 bits per heavy atom. The van der Waals surface area contributed by atoms with Crippen molar-refractivity contribution in [3.8, 4) is 0 Å². The summed E-state index contributed by atoms with van der Waals surface area (Å²) in [5.74, 6) is 0.0420. The lowest BCUT2D eigenvalue weighted by Crippen LogP contribution is -2.36. The van der Waals surface area contributed by atoms with Crippen molar-refractivity contribution >= 4 is 5.91 Å². The van der Waals surface area contributed by atoms with E-state index in [1.54, 1.807) is 4.68 Å². The minimum atomic E-state index is -0.133. The second-order valence-corrected chi connectivity index (χ2v) is 6.54. The Bertz CT molecular complexity index is 668.